The monoisotopic (exact) mass is 383 g/mol. The topological polar surface area (TPSA) is 82.1 Å². The first-order chi connectivity index (χ1) is 13.6. The van der Waals surface area contributed by atoms with Crippen LogP contribution in [0, 0.1) is 0 Å². The van der Waals surface area contributed by atoms with Gasteiger partial charge in [-0.3, -0.25) is 9.59 Å². The standard InChI is InChI=1S/C21H21NO6/c1-26-17-8-10-18(11-9-17)27-14-21(25)28-13-19(23)15-4-6-16(7-5-15)22-12-2-3-20(22)24/h4-11H,2-3,12-14H2,1H3. The van der Waals surface area contributed by atoms with E-state index in [0.29, 0.717) is 30.0 Å². The number of hydrogen-bond acceptors (Lipinski definition) is 6. The fourth-order valence-corrected chi connectivity index (χ4v) is 2.83. The van der Waals surface area contributed by atoms with Crippen LogP contribution >= 0.6 is 0 Å². The van der Waals surface area contributed by atoms with Crippen molar-refractivity contribution in [1.82, 2.24) is 0 Å². The number of carbonyl (C=O) groups excluding carboxylic acids is 3. The van der Waals surface area contributed by atoms with E-state index in [9.17, 15) is 14.4 Å². The zero-order valence-corrected chi connectivity index (χ0v) is 15.6. The average Bonchev–Trinajstić information content (AvgIpc) is 3.16. The maximum atomic E-state index is 12.2. The number of ketones is 1. The molecule has 0 aliphatic carbocycles. The number of ether oxygens (including phenoxy) is 3. The second-order valence-electron chi connectivity index (χ2n) is 6.24. The smallest absolute Gasteiger partial charge is 0.344 e. The van der Waals surface area contributed by atoms with E-state index in [4.69, 9.17) is 14.2 Å². The van der Waals surface area contributed by atoms with Crippen LogP contribution in [0.3, 0.4) is 0 Å². The number of esters is 1. The molecule has 146 valence electrons. The van der Waals surface area contributed by atoms with E-state index < -0.39 is 5.97 Å². The molecule has 1 aliphatic heterocycles. The third-order valence-corrected chi connectivity index (χ3v) is 4.35. The highest BCUT2D eigenvalue weighted by molar-refractivity contribution is 5.99. The van der Waals surface area contributed by atoms with Crippen LogP contribution < -0.4 is 14.4 Å². The maximum absolute atomic E-state index is 12.2. The van der Waals surface area contributed by atoms with E-state index >= 15 is 0 Å². The van der Waals surface area contributed by atoms with Crippen LogP contribution in [-0.2, 0) is 14.3 Å². The van der Waals surface area contributed by atoms with E-state index in [-0.39, 0.29) is 24.9 Å². The summed E-state index contributed by atoms with van der Waals surface area (Å²) < 4.78 is 15.3. The lowest BCUT2D eigenvalue weighted by Crippen LogP contribution is -2.23. The van der Waals surface area contributed by atoms with Crippen molar-refractivity contribution in [3.63, 3.8) is 0 Å². The van der Waals surface area contributed by atoms with E-state index in [1.807, 2.05) is 0 Å². The molecule has 1 fully saturated rings. The van der Waals surface area contributed by atoms with Crippen molar-refractivity contribution in [1.29, 1.82) is 0 Å². The second-order valence-corrected chi connectivity index (χ2v) is 6.24. The lowest BCUT2D eigenvalue weighted by molar-refractivity contribution is -0.144. The molecule has 1 heterocycles. The minimum atomic E-state index is -0.636. The predicted octanol–water partition coefficient (Wildman–Crippen LogP) is 2.63. The molecule has 2 aromatic carbocycles. The van der Waals surface area contributed by atoms with Gasteiger partial charge in [0.05, 0.1) is 7.11 Å². The first-order valence-corrected chi connectivity index (χ1v) is 8.93. The largest absolute Gasteiger partial charge is 0.497 e. The van der Waals surface area contributed by atoms with Crippen LogP contribution in [0.15, 0.2) is 48.5 Å². The van der Waals surface area contributed by atoms with Crippen LogP contribution in [-0.4, -0.2) is 44.5 Å². The minimum Gasteiger partial charge on any atom is -0.497 e. The minimum absolute atomic E-state index is 0.0878. The van der Waals surface area contributed by atoms with Gasteiger partial charge in [-0.1, -0.05) is 0 Å². The quantitative estimate of drug-likeness (QED) is 0.515. The highest BCUT2D eigenvalue weighted by Gasteiger charge is 2.21. The van der Waals surface area contributed by atoms with Crippen molar-refractivity contribution in [2.45, 2.75) is 12.8 Å². The van der Waals surface area contributed by atoms with Gasteiger partial charge in [0.2, 0.25) is 5.91 Å². The SMILES string of the molecule is COc1ccc(OCC(=O)OCC(=O)c2ccc(N3CCCC3=O)cc2)cc1. The first kappa shape index (κ1) is 19.4. The van der Waals surface area contributed by atoms with Gasteiger partial charge in [0.25, 0.3) is 0 Å². The Bertz CT molecular complexity index is 844. The normalized spacial score (nSPS) is 13.3. The Morgan fingerprint density at radius 2 is 1.64 bits per heavy atom. The number of anilines is 1. The Kier molecular flexibility index (Phi) is 6.26. The summed E-state index contributed by atoms with van der Waals surface area (Å²) in [7, 11) is 1.56. The molecule has 28 heavy (non-hydrogen) atoms. The molecule has 1 aliphatic rings. The fourth-order valence-electron chi connectivity index (χ4n) is 2.83. The van der Waals surface area contributed by atoms with E-state index in [0.717, 1.165) is 12.1 Å². The first-order valence-electron chi connectivity index (χ1n) is 8.93. The summed E-state index contributed by atoms with van der Waals surface area (Å²) >= 11 is 0. The lowest BCUT2D eigenvalue weighted by atomic mass is 10.1. The number of amides is 1. The summed E-state index contributed by atoms with van der Waals surface area (Å²) in [4.78, 5) is 37.4. The Morgan fingerprint density at radius 3 is 2.25 bits per heavy atom. The van der Waals surface area contributed by atoms with E-state index in [1.165, 1.54) is 0 Å². The van der Waals surface area contributed by atoms with Gasteiger partial charge in [0.1, 0.15) is 11.5 Å². The maximum Gasteiger partial charge on any atom is 0.344 e. The van der Waals surface area contributed by atoms with Crippen molar-refractivity contribution < 1.29 is 28.6 Å². The van der Waals surface area contributed by atoms with Gasteiger partial charge < -0.3 is 19.1 Å². The molecule has 0 atom stereocenters. The molecule has 0 aromatic heterocycles. The Morgan fingerprint density at radius 1 is 0.964 bits per heavy atom. The Hall–Kier alpha value is -3.35. The molecule has 1 saturated heterocycles. The zero-order chi connectivity index (χ0) is 19.9. The third kappa shape index (κ3) is 4.88. The fraction of sp³-hybridized carbons (Fsp3) is 0.286. The Balaban J connectivity index is 1.45. The molecule has 0 saturated carbocycles. The molecule has 0 spiro atoms. The third-order valence-electron chi connectivity index (χ3n) is 4.35. The van der Waals surface area contributed by atoms with Crippen molar-refractivity contribution in [2.24, 2.45) is 0 Å². The number of Topliss-reactive ketones (excluding diaryl/α,β-unsaturated/α-hetero) is 1. The highest BCUT2D eigenvalue weighted by atomic mass is 16.6. The van der Waals surface area contributed by atoms with Gasteiger partial charge in [-0.05, 0) is 55.0 Å². The molecule has 0 bridgehead atoms. The molecule has 1 amide bonds. The number of hydrogen-bond donors (Lipinski definition) is 0. The number of benzene rings is 2. The second kappa shape index (κ2) is 9.03. The summed E-state index contributed by atoms with van der Waals surface area (Å²) in [6.45, 7) is 0.0281. The Labute approximate surface area is 162 Å². The zero-order valence-electron chi connectivity index (χ0n) is 15.6. The van der Waals surface area contributed by atoms with Crippen LogP contribution in [0.1, 0.15) is 23.2 Å². The summed E-state index contributed by atoms with van der Waals surface area (Å²) in [6, 6.07) is 13.5. The molecular weight excluding hydrogens is 362 g/mol. The highest BCUT2D eigenvalue weighted by Crippen LogP contribution is 2.22. The van der Waals surface area contributed by atoms with Gasteiger partial charge >= 0.3 is 5.97 Å². The van der Waals surface area contributed by atoms with Gasteiger partial charge in [-0.25, -0.2) is 4.79 Å². The molecule has 2 aromatic rings. The van der Waals surface area contributed by atoms with Crippen LogP contribution in [0.25, 0.3) is 0 Å². The molecule has 7 heteroatoms. The van der Waals surface area contributed by atoms with Crippen molar-refractivity contribution in [2.75, 3.05) is 31.8 Å². The number of rotatable bonds is 8. The van der Waals surface area contributed by atoms with Crippen LogP contribution in [0.5, 0.6) is 11.5 Å². The molecule has 0 N–H and O–H groups in total. The van der Waals surface area contributed by atoms with Crippen molar-refractivity contribution in [3.05, 3.63) is 54.1 Å². The molecular formula is C21H21NO6. The van der Waals surface area contributed by atoms with Gasteiger partial charge in [-0.2, -0.15) is 0 Å². The molecule has 7 nitrogen and oxygen atoms in total. The summed E-state index contributed by atoms with van der Waals surface area (Å²) in [5, 5.41) is 0. The predicted molar refractivity (Wildman–Crippen MR) is 102 cm³/mol. The van der Waals surface area contributed by atoms with Gasteiger partial charge in [0.15, 0.2) is 19.0 Å². The van der Waals surface area contributed by atoms with Crippen molar-refractivity contribution >= 4 is 23.3 Å². The summed E-state index contributed by atoms with van der Waals surface area (Å²) in [6.07, 6.45) is 1.39. The van der Waals surface area contributed by atoms with Crippen LogP contribution in [0.4, 0.5) is 5.69 Å². The molecule has 0 unspecified atom stereocenters. The lowest BCUT2D eigenvalue weighted by Gasteiger charge is -2.15. The molecule has 0 radical (unpaired) electrons. The van der Waals surface area contributed by atoms with Gasteiger partial charge in [0, 0.05) is 24.2 Å². The molecule has 3 rings (SSSR count). The van der Waals surface area contributed by atoms with E-state index in [2.05, 4.69) is 0 Å². The number of nitrogens with zero attached hydrogens (tertiary/aromatic N) is 1. The van der Waals surface area contributed by atoms with E-state index in [1.54, 1.807) is 60.5 Å². The summed E-state index contributed by atoms with van der Waals surface area (Å²) in [5.41, 5.74) is 1.18. The number of methoxy groups -OCH3 is 1. The average molecular weight is 383 g/mol. The summed E-state index contributed by atoms with van der Waals surface area (Å²) in [5.74, 6) is 0.308. The van der Waals surface area contributed by atoms with Crippen molar-refractivity contribution in [3.8, 4) is 11.5 Å². The van der Waals surface area contributed by atoms with Gasteiger partial charge in [-0.15, -0.1) is 0 Å². The van der Waals surface area contributed by atoms with Crippen LogP contribution in [0.2, 0.25) is 0 Å². The number of carbonyl (C=O) groups is 3.